The number of benzene rings is 1. The molecule has 0 aromatic heterocycles. The molecule has 0 saturated carbocycles. The molecular formula is C19H26N2O5. The molecule has 1 N–H and O–H groups in total. The average Bonchev–Trinajstić information content (AvgIpc) is 2.62. The van der Waals surface area contributed by atoms with Gasteiger partial charge in [0.15, 0.2) is 6.61 Å². The number of aryl methyl sites for hydroxylation is 1. The number of rotatable bonds is 7. The fraction of sp³-hybridized carbons (Fsp3) is 0.526. The maximum atomic E-state index is 12.6. The fourth-order valence-electron chi connectivity index (χ4n) is 2.67. The molecule has 0 spiro atoms. The van der Waals surface area contributed by atoms with E-state index in [0.29, 0.717) is 25.3 Å². The van der Waals surface area contributed by atoms with Gasteiger partial charge in [0.25, 0.3) is 5.91 Å². The molecule has 1 saturated heterocycles. The van der Waals surface area contributed by atoms with E-state index in [0.717, 1.165) is 5.56 Å². The van der Waals surface area contributed by atoms with Gasteiger partial charge in [0.05, 0.1) is 12.5 Å². The van der Waals surface area contributed by atoms with E-state index in [9.17, 15) is 14.4 Å². The molecule has 0 radical (unpaired) electrons. The Morgan fingerprint density at radius 2 is 2.08 bits per heavy atom. The lowest BCUT2D eigenvalue weighted by atomic mass is 10.1. The van der Waals surface area contributed by atoms with Crippen LogP contribution in [-0.4, -0.2) is 54.5 Å². The molecule has 2 rings (SSSR count). The Labute approximate surface area is 153 Å². The molecule has 2 unspecified atom stereocenters. The van der Waals surface area contributed by atoms with E-state index < -0.39 is 12.0 Å². The summed E-state index contributed by atoms with van der Waals surface area (Å²) in [5.41, 5.74) is 0.922. The fourth-order valence-corrected chi connectivity index (χ4v) is 2.67. The van der Waals surface area contributed by atoms with Gasteiger partial charge < -0.3 is 19.7 Å². The van der Waals surface area contributed by atoms with Gasteiger partial charge in [-0.2, -0.15) is 0 Å². The summed E-state index contributed by atoms with van der Waals surface area (Å²) in [6.45, 7) is 6.09. The topological polar surface area (TPSA) is 84.9 Å². The third-order valence-electron chi connectivity index (χ3n) is 4.36. The normalized spacial score (nSPS) is 18.0. The number of carbonyl (C=O) groups is 3. The van der Waals surface area contributed by atoms with Gasteiger partial charge >= 0.3 is 5.97 Å². The maximum absolute atomic E-state index is 12.6. The van der Waals surface area contributed by atoms with Crippen LogP contribution in [0.2, 0.25) is 0 Å². The van der Waals surface area contributed by atoms with E-state index in [1.54, 1.807) is 13.0 Å². The first-order valence-electron chi connectivity index (χ1n) is 8.87. The second kappa shape index (κ2) is 9.22. The second-order valence-electron chi connectivity index (χ2n) is 6.36. The molecule has 0 aliphatic carbocycles. The summed E-state index contributed by atoms with van der Waals surface area (Å²) in [4.78, 5) is 38.2. The Hall–Kier alpha value is -2.57. The van der Waals surface area contributed by atoms with Crippen molar-refractivity contribution in [2.24, 2.45) is 0 Å². The first-order valence-corrected chi connectivity index (χ1v) is 8.87. The molecule has 142 valence electrons. The predicted octanol–water partition coefficient (Wildman–Crippen LogP) is 1.43. The molecule has 2 atom stereocenters. The summed E-state index contributed by atoms with van der Waals surface area (Å²) in [5, 5.41) is 2.69. The summed E-state index contributed by atoms with van der Waals surface area (Å²) < 4.78 is 10.8. The molecule has 1 heterocycles. The number of carbonyl (C=O) groups excluding carboxylic acids is 3. The Bertz CT molecular complexity index is 661. The van der Waals surface area contributed by atoms with Gasteiger partial charge in [-0.15, -0.1) is 0 Å². The molecular weight excluding hydrogens is 336 g/mol. The number of amides is 2. The van der Waals surface area contributed by atoms with Gasteiger partial charge in [-0.1, -0.05) is 25.1 Å². The van der Waals surface area contributed by atoms with E-state index in [2.05, 4.69) is 5.32 Å². The Kier molecular flexibility index (Phi) is 7.00. The van der Waals surface area contributed by atoms with Crippen molar-refractivity contribution < 1.29 is 23.9 Å². The third-order valence-corrected chi connectivity index (χ3v) is 4.36. The number of hydrogen-bond donors (Lipinski definition) is 1. The number of nitrogens with zero attached hydrogens (tertiary/aromatic N) is 1. The van der Waals surface area contributed by atoms with Crippen LogP contribution in [0.4, 0.5) is 0 Å². The van der Waals surface area contributed by atoms with Crippen molar-refractivity contribution in [3.05, 3.63) is 29.8 Å². The highest BCUT2D eigenvalue weighted by atomic mass is 16.5. The molecule has 0 bridgehead atoms. The van der Waals surface area contributed by atoms with Crippen LogP contribution >= 0.6 is 0 Å². The Morgan fingerprint density at radius 3 is 2.77 bits per heavy atom. The van der Waals surface area contributed by atoms with Crippen molar-refractivity contribution in [2.45, 2.75) is 45.8 Å². The van der Waals surface area contributed by atoms with Gasteiger partial charge in [0.2, 0.25) is 5.91 Å². The molecule has 7 nitrogen and oxygen atoms in total. The van der Waals surface area contributed by atoms with Crippen LogP contribution in [0.3, 0.4) is 0 Å². The number of hydrogen-bond acceptors (Lipinski definition) is 5. The van der Waals surface area contributed by atoms with Crippen LogP contribution in [-0.2, 0) is 19.1 Å². The number of para-hydroxylation sites is 1. The lowest BCUT2D eigenvalue weighted by Gasteiger charge is -2.34. The maximum Gasteiger partial charge on any atom is 0.308 e. The minimum atomic E-state index is -0.867. The largest absolute Gasteiger partial charge is 0.484 e. The van der Waals surface area contributed by atoms with Crippen LogP contribution in [0.1, 0.15) is 32.3 Å². The van der Waals surface area contributed by atoms with Crippen molar-refractivity contribution in [3.8, 4) is 5.75 Å². The van der Waals surface area contributed by atoms with Gasteiger partial charge in [0, 0.05) is 13.1 Å². The van der Waals surface area contributed by atoms with Gasteiger partial charge in [-0.3, -0.25) is 14.4 Å². The van der Waals surface area contributed by atoms with Crippen LogP contribution in [0.5, 0.6) is 5.75 Å². The van der Waals surface area contributed by atoms with E-state index in [-0.39, 0.29) is 30.9 Å². The monoisotopic (exact) mass is 362 g/mol. The van der Waals surface area contributed by atoms with Crippen LogP contribution in [0, 0.1) is 6.92 Å². The van der Waals surface area contributed by atoms with Crippen molar-refractivity contribution in [1.82, 2.24) is 10.2 Å². The van der Waals surface area contributed by atoms with Crippen LogP contribution in [0.15, 0.2) is 24.3 Å². The number of nitrogens with one attached hydrogen (secondary N) is 1. The molecule has 1 aromatic carbocycles. The molecule has 1 fully saturated rings. The van der Waals surface area contributed by atoms with E-state index in [1.807, 2.05) is 32.0 Å². The zero-order valence-electron chi connectivity index (χ0n) is 15.5. The van der Waals surface area contributed by atoms with E-state index in [4.69, 9.17) is 9.47 Å². The number of esters is 1. The zero-order chi connectivity index (χ0) is 19.1. The van der Waals surface area contributed by atoms with Crippen molar-refractivity contribution in [1.29, 1.82) is 0 Å². The summed E-state index contributed by atoms with van der Waals surface area (Å²) in [6.07, 6.45) is 0.310. The minimum Gasteiger partial charge on any atom is -0.484 e. The lowest BCUT2D eigenvalue weighted by Crippen LogP contribution is -2.58. The van der Waals surface area contributed by atoms with Crippen molar-refractivity contribution >= 4 is 17.8 Å². The molecule has 1 aliphatic rings. The zero-order valence-corrected chi connectivity index (χ0v) is 15.5. The molecule has 1 aromatic rings. The highest BCUT2D eigenvalue weighted by Crippen LogP contribution is 2.17. The predicted molar refractivity (Wildman–Crippen MR) is 95.6 cm³/mol. The summed E-state index contributed by atoms with van der Waals surface area (Å²) >= 11 is 0. The van der Waals surface area contributed by atoms with Gasteiger partial charge in [-0.05, 0) is 31.9 Å². The minimum absolute atomic E-state index is 0.160. The second-order valence-corrected chi connectivity index (χ2v) is 6.36. The van der Waals surface area contributed by atoms with Crippen LogP contribution in [0.25, 0.3) is 0 Å². The third kappa shape index (κ3) is 5.21. The smallest absolute Gasteiger partial charge is 0.308 e. The summed E-state index contributed by atoms with van der Waals surface area (Å²) in [7, 11) is 0. The van der Waals surface area contributed by atoms with Crippen molar-refractivity contribution in [3.63, 3.8) is 0 Å². The number of ether oxygens (including phenoxy) is 2. The molecule has 1 aliphatic heterocycles. The first-order chi connectivity index (χ1) is 12.4. The highest BCUT2D eigenvalue weighted by molar-refractivity contribution is 5.92. The molecule has 26 heavy (non-hydrogen) atoms. The quantitative estimate of drug-likeness (QED) is 0.742. The first kappa shape index (κ1) is 19.8. The summed E-state index contributed by atoms with van der Waals surface area (Å²) in [5.74, 6) is -0.542. The van der Waals surface area contributed by atoms with E-state index >= 15 is 0 Å². The lowest BCUT2D eigenvalue weighted by molar-refractivity contribution is -0.155. The average molecular weight is 362 g/mol. The SMILES string of the molecule is CCC(C)OC(=O)CC1C(=O)NCCN1C(=O)COc1ccccc1C. The standard InChI is InChI=1S/C19H26N2O5/c1-4-14(3)26-18(23)11-15-19(24)20-9-10-21(15)17(22)12-25-16-8-6-5-7-13(16)2/h5-8,14-15H,4,9-12H2,1-3H3,(H,20,24). The summed E-state index contributed by atoms with van der Waals surface area (Å²) in [6, 6.07) is 6.52. The van der Waals surface area contributed by atoms with Gasteiger partial charge in [-0.25, -0.2) is 0 Å². The Balaban J connectivity index is 1.99. The van der Waals surface area contributed by atoms with Crippen LogP contribution < -0.4 is 10.1 Å². The number of piperazine rings is 1. The molecule has 7 heteroatoms. The Morgan fingerprint density at radius 1 is 1.35 bits per heavy atom. The van der Waals surface area contributed by atoms with Gasteiger partial charge in [0.1, 0.15) is 11.8 Å². The van der Waals surface area contributed by atoms with E-state index in [1.165, 1.54) is 4.90 Å². The molecule has 2 amide bonds. The van der Waals surface area contributed by atoms with Crippen molar-refractivity contribution in [2.75, 3.05) is 19.7 Å². The highest BCUT2D eigenvalue weighted by Gasteiger charge is 2.35.